The molecule has 0 atom stereocenters. The first-order chi connectivity index (χ1) is 14.4. The number of rotatable bonds is 7. The first-order valence-electron chi connectivity index (χ1n) is 11.7. The molecule has 2 aliphatic rings. The predicted molar refractivity (Wildman–Crippen MR) is 124 cm³/mol. The van der Waals surface area contributed by atoms with Crippen molar-refractivity contribution in [3.8, 4) is 0 Å². The Hall–Kier alpha value is -1.90. The minimum atomic E-state index is 1.20. The smallest absolute Gasteiger partial charge is 0.00190 e. The molecule has 2 heteroatoms. The van der Waals surface area contributed by atoms with E-state index in [0.29, 0.717) is 0 Å². The minimum Gasteiger partial charge on any atom is -0.303 e. The van der Waals surface area contributed by atoms with Gasteiger partial charge in [0.2, 0.25) is 0 Å². The Morgan fingerprint density at radius 3 is 1.59 bits per heavy atom. The second kappa shape index (κ2) is 10.8. The summed E-state index contributed by atoms with van der Waals surface area (Å²) in [6, 6.07) is 21.9. The van der Waals surface area contributed by atoms with E-state index in [2.05, 4.69) is 70.5 Å². The second-order valence-corrected chi connectivity index (χ2v) is 8.66. The zero-order valence-corrected chi connectivity index (χ0v) is 17.9. The Morgan fingerprint density at radius 2 is 1.07 bits per heavy atom. The van der Waals surface area contributed by atoms with Crippen molar-refractivity contribution in [1.29, 1.82) is 0 Å². The molecule has 2 saturated heterocycles. The van der Waals surface area contributed by atoms with Crippen LogP contribution in [0, 0.1) is 0 Å². The molecule has 154 valence electrons. The van der Waals surface area contributed by atoms with Crippen molar-refractivity contribution in [2.75, 3.05) is 39.3 Å². The summed E-state index contributed by atoms with van der Waals surface area (Å²) in [7, 11) is 0. The lowest BCUT2D eigenvalue weighted by molar-refractivity contribution is 0.210. The van der Waals surface area contributed by atoms with E-state index in [9.17, 15) is 0 Å². The lowest BCUT2D eigenvalue weighted by atomic mass is 9.88. The van der Waals surface area contributed by atoms with Crippen molar-refractivity contribution in [1.82, 2.24) is 9.80 Å². The van der Waals surface area contributed by atoms with Crippen LogP contribution in [0.15, 0.2) is 66.2 Å². The van der Waals surface area contributed by atoms with Crippen LogP contribution in [0.25, 0.3) is 5.57 Å². The zero-order chi connectivity index (χ0) is 19.7. The molecule has 4 rings (SSSR count). The number of hydrogen-bond donors (Lipinski definition) is 0. The summed E-state index contributed by atoms with van der Waals surface area (Å²) in [4.78, 5) is 5.36. The summed E-state index contributed by atoms with van der Waals surface area (Å²) in [6.45, 7) is 7.67. The van der Waals surface area contributed by atoms with E-state index in [1.54, 1.807) is 5.57 Å². The van der Waals surface area contributed by atoms with Gasteiger partial charge in [-0.25, -0.2) is 0 Å². The lowest BCUT2D eigenvalue weighted by Gasteiger charge is -2.31. The lowest BCUT2D eigenvalue weighted by Crippen LogP contribution is -2.33. The van der Waals surface area contributed by atoms with Crippen molar-refractivity contribution in [2.45, 2.75) is 44.9 Å². The van der Waals surface area contributed by atoms with Gasteiger partial charge < -0.3 is 9.80 Å². The summed E-state index contributed by atoms with van der Waals surface area (Å²) in [5, 5.41) is 0. The van der Waals surface area contributed by atoms with Gasteiger partial charge in [0.25, 0.3) is 0 Å². The predicted octanol–water partition coefficient (Wildman–Crippen LogP) is 5.85. The standard InChI is InChI=1S/C27H36N2/c1-4-12-24(13-5-1)27(25-14-6-2-7-15-25)26-16-22-29(23-17-26)21-11-10-20-28-18-8-3-9-19-28/h1-2,4-7,12-15H,3,8-11,16-23H2. The van der Waals surface area contributed by atoms with E-state index in [0.717, 1.165) is 0 Å². The molecular weight excluding hydrogens is 352 g/mol. The molecule has 0 unspecified atom stereocenters. The summed E-state index contributed by atoms with van der Waals surface area (Å²) in [5.41, 5.74) is 5.83. The molecule has 2 fully saturated rings. The number of likely N-dealkylation sites (tertiary alicyclic amines) is 2. The van der Waals surface area contributed by atoms with E-state index in [-0.39, 0.29) is 0 Å². The summed E-state index contributed by atoms with van der Waals surface area (Å²) in [6.07, 6.45) is 9.36. The number of piperidine rings is 2. The summed E-state index contributed by atoms with van der Waals surface area (Å²) >= 11 is 0. The normalized spacial score (nSPS) is 18.7. The summed E-state index contributed by atoms with van der Waals surface area (Å²) in [5.74, 6) is 0. The Bertz CT molecular complexity index is 708. The topological polar surface area (TPSA) is 6.48 Å². The van der Waals surface area contributed by atoms with E-state index >= 15 is 0 Å². The molecule has 2 aromatic rings. The first kappa shape index (κ1) is 20.4. The number of unbranched alkanes of at least 4 members (excludes halogenated alkanes) is 1. The van der Waals surface area contributed by atoms with Gasteiger partial charge in [-0.05, 0) is 81.4 Å². The molecule has 0 bridgehead atoms. The maximum absolute atomic E-state index is 2.69. The largest absolute Gasteiger partial charge is 0.303 e. The molecule has 2 aromatic carbocycles. The maximum atomic E-state index is 2.69. The fraction of sp³-hybridized carbons (Fsp3) is 0.481. The SMILES string of the molecule is c1ccc(C(=C2CCN(CCCCN3CCCCC3)CC2)c2ccccc2)cc1. The zero-order valence-electron chi connectivity index (χ0n) is 17.9. The molecule has 0 aliphatic carbocycles. The molecule has 0 spiro atoms. The molecule has 29 heavy (non-hydrogen) atoms. The average Bonchev–Trinajstić information content (AvgIpc) is 2.80. The van der Waals surface area contributed by atoms with Gasteiger partial charge in [-0.3, -0.25) is 0 Å². The highest BCUT2D eigenvalue weighted by atomic mass is 15.1. The summed E-state index contributed by atoms with van der Waals surface area (Å²) < 4.78 is 0. The van der Waals surface area contributed by atoms with Crippen LogP contribution in [0.4, 0.5) is 0 Å². The van der Waals surface area contributed by atoms with Crippen LogP contribution in [0.5, 0.6) is 0 Å². The first-order valence-corrected chi connectivity index (χ1v) is 11.7. The molecule has 2 aliphatic heterocycles. The Kier molecular flexibility index (Phi) is 7.56. The van der Waals surface area contributed by atoms with Gasteiger partial charge in [0.05, 0.1) is 0 Å². The Balaban J connectivity index is 1.33. The molecule has 0 amide bonds. The molecule has 2 heterocycles. The van der Waals surface area contributed by atoms with Crippen molar-refractivity contribution < 1.29 is 0 Å². The molecule has 0 radical (unpaired) electrons. The Morgan fingerprint density at radius 1 is 0.586 bits per heavy atom. The molecule has 0 saturated carbocycles. The van der Waals surface area contributed by atoms with Crippen molar-refractivity contribution in [3.05, 3.63) is 77.4 Å². The highest BCUT2D eigenvalue weighted by Gasteiger charge is 2.19. The third-order valence-corrected chi connectivity index (χ3v) is 6.59. The van der Waals surface area contributed by atoms with Crippen LogP contribution in [-0.4, -0.2) is 49.1 Å². The maximum Gasteiger partial charge on any atom is 0.00190 e. The highest BCUT2D eigenvalue weighted by Crippen LogP contribution is 2.32. The van der Waals surface area contributed by atoms with E-state index in [4.69, 9.17) is 0 Å². The number of hydrogen-bond acceptors (Lipinski definition) is 2. The van der Waals surface area contributed by atoms with Gasteiger partial charge >= 0.3 is 0 Å². The van der Waals surface area contributed by atoms with Gasteiger partial charge in [-0.15, -0.1) is 0 Å². The molecular formula is C27H36N2. The average molecular weight is 389 g/mol. The highest BCUT2D eigenvalue weighted by molar-refractivity contribution is 5.82. The van der Waals surface area contributed by atoms with Crippen molar-refractivity contribution >= 4 is 5.57 Å². The van der Waals surface area contributed by atoms with Crippen LogP contribution < -0.4 is 0 Å². The quantitative estimate of drug-likeness (QED) is 0.549. The molecule has 0 N–H and O–H groups in total. The van der Waals surface area contributed by atoms with Crippen LogP contribution in [-0.2, 0) is 0 Å². The van der Waals surface area contributed by atoms with E-state index in [1.807, 2.05) is 0 Å². The monoisotopic (exact) mass is 388 g/mol. The van der Waals surface area contributed by atoms with Crippen LogP contribution in [0.3, 0.4) is 0 Å². The van der Waals surface area contributed by atoms with Crippen LogP contribution >= 0.6 is 0 Å². The van der Waals surface area contributed by atoms with Crippen LogP contribution in [0.2, 0.25) is 0 Å². The van der Waals surface area contributed by atoms with Crippen molar-refractivity contribution in [3.63, 3.8) is 0 Å². The third kappa shape index (κ3) is 5.81. The fourth-order valence-electron chi connectivity index (χ4n) is 4.93. The fourth-order valence-corrected chi connectivity index (χ4v) is 4.93. The molecule has 2 nitrogen and oxygen atoms in total. The van der Waals surface area contributed by atoms with Gasteiger partial charge in [0.1, 0.15) is 0 Å². The van der Waals surface area contributed by atoms with Crippen LogP contribution in [0.1, 0.15) is 56.1 Å². The van der Waals surface area contributed by atoms with Gasteiger partial charge in [-0.1, -0.05) is 72.7 Å². The Labute approximate surface area is 177 Å². The van der Waals surface area contributed by atoms with Gasteiger partial charge in [0, 0.05) is 13.1 Å². The number of nitrogens with zero attached hydrogens (tertiary/aromatic N) is 2. The van der Waals surface area contributed by atoms with Gasteiger partial charge in [0.15, 0.2) is 0 Å². The van der Waals surface area contributed by atoms with Gasteiger partial charge in [-0.2, -0.15) is 0 Å². The second-order valence-electron chi connectivity index (χ2n) is 8.66. The van der Waals surface area contributed by atoms with E-state index in [1.165, 1.54) is 101 Å². The van der Waals surface area contributed by atoms with E-state index < -0.39 is 0 Å². The molecule has 0 aromatic heterocycles. The third-order valence-electron chi connectivity index (χ3n) is 6.59. The minimum absolute atomic E-state index is 1.20. The number of benzene rings is 2. The van der Waals surface area contributed by atoms with Crippen molar-refractivity contribution in [2.24, 2.45) is 0 Å².